The van der Waals surface area contributed by atoms with Crippen LogP contribution in [0.3, 0.4) is 0 Å². The fourth-order valence-corrected chi connectivity index (χ4v) is 3.30. The van der Waals surface area contributed by atoms with Crippen molar-refractivity contribution in [2.75, 3.05) is 46.8 Å². The highest BCUT2D eigenvalue weighted by molar-refractivity contribution is 4.70. The van der Waals surface area contributed by atoms with Crippen molar-refractivity contribution in [3.63, 3.8) is 0 Å². The smallest absolute Gasteiger partial charge is 0.00643 e. The van der Waals surface area contributed by atoms with E-state index in [2.05, 4.69) is 50.0 Å². The minimum Gasteiger partial charge on any atom is -0.316 e. The van der Waals surface area contributed by atoms with E-state index in [9.17, 15) is 0 Å². The summed E-state index contributed by atoms with van der Waals surface area (Å²) < 4.78 is 0. The van der Waals surface area contributed by atoms with E-state index < -0.39 is 0 Å². The summed E-state index contributed by atoms with van der Waals surface area (Å²) >= 11 is 0. The van der Waals surface area contributed by atoms with Gasteiger partial charge in [0.25, 0.3) is 0 Å². The van der Waals surface area contributed by atoms with Gasteiger partial charge in [0.2, 0.25) is 0 Å². The monoisotopic (exact) mass is 327 g/mol. The molecular weight excluding hydrogens is 282 g/mol. The molecule has 3 saturated heterocycles. The van der Waals surface area contributed by atoms with Gasteiger partial charge in [0.05, 0.1) is 0 Å². The zero-order chi connectivity index (χ0) is 17.7. The molecule has 3 heteroatoms. The lowest BCUT2D eigenvalue weighted by molar-refractivity contribution is 0.331. The zero-order valence-corrected chi connectivity index (χ0v) is 17.2. The molecule has 1 N–H and O–H groups in total. The van der Waals surface area contributed by atoms with Crippen molar-refractivity contribution >= 4 is 0 Å². The van der Waals surface area contributed by atoms with Gasteiger partial charge in [-0.1, -0.05) is 34.1 Å². The molecule has 0 spiro atoms. The van der Waals surface area contributed by atoms with Gasteiger partial charge in [-0.05, 0) is 84.7 Å². The Bertz CT molecular complexity index is 235. The van der Waals surface area contributed by atoms with Crippen molar-refractivity contribution in [2.24, 2.45) is 11.8 Å². The molecule has 3 atom stereocenters. The molecule has 0 aromatic carbocycles. The summed E-state index contributed by atoms with van der Waals surface area (Å²) in [5.41, 5.74) is 0. The van der Waals surface area contributed by atoms with Gasteiger partial charge in [-0.2, -0.15) is 0 Å². The molecule has 0 bridgehead atoms. The molecule has 0 radical (unpaired) electrons. The topological polar surface area (TPSA) is 18.5 Å². The predicted octanol–water partition coefficient (Wildman–Crippen LogP) is 4.09. The van der Waals surface area contributed by atoms with Crippen LogP contribution in [-0.4, -0.2) is 62.7 Å². The van der Waals surface area contributed by atoms with E-state index >= 15 is 0 Å². The molecule has 0 aromatic rings. The van der Waals surface area contributed by atoms with Gasteiger partial charge >= 0.3 is 0 Å². The molecule has 23 heavy (non-hydrogen) atoms. The van der Waals surface area contributed by atoms with Crippen LogP contribution in [0.15, 0.2) is 0 Å². The van der Waals surface area contributed by atoms with Gasteiger partial charge in [-0.15, -0.1) is 0 Å². The highest BCUT2D eigenvalue weighted by Gasteiger charge is 2.14. The van der Waals surface area contributed by atoms with Crippen LogP contribution in [0.25, 0.3) is 0 Å². The number of nitrogens with zero attached hydrogens (tertiary/aromatic N) is 2. The fraction of sp³-hybridized carbons (Fsp3) is 1.00. The standard InChI is InChI=1S/3C6H13N.C2H6/c1-6-3-4-7(2)5-6;1-6-4-3-5-7(6)2;1-2-6-3-4-7-5-6;1-2/h2*6H,3-5H2,1-2H3;6-7H,2-5H2,1H3;1-2H3/t;6-;;/m.0../s1. The van der Waals surface area contributed by atoms with Crippen molar-refractivity contribution in [1.29, 1.82) is 0 Å². The maximum absolute atomic E-state index is 3.32. The van der Waals surface area contributed by atoms with Crippen molar-refractivity contribution in [2.45, 2.75) is 72.8 Å². The van der Waals surface area contributed by atoms with Crippen LogP contribution < -0.4 is 5.32 Å². The Morgan fingerprint density at radius 3 is 1.87 bits per heavy atom. The van der Waals surface area contributed by atoms with E-state index in [1.165, 1.54) is 64.8 Å². The second kappa shape index (κ2) is 14.2. The predicted molar refractivity (Wildman–Crippen MR) is 105 cm³/mol. The summed E-state index contributed by atoms with van der Waals surface area (Å²) in [4.78, 5) is 4.78. The number of hydrogen-bond acceptors (Lipinski definition) is 3. The normalized spacial score (nSPS) is 30.7. The second-order valence-electron chi connectivity index (χ2n) is 7.40. The first-order valence-corrected chi connectivity index (χ1v) is 10.1. The lowest BCUT2D eigenvalue weighted by Gasteiger charge is -2.12. The van der Waals surface area contributed by atoms with Crippen molar-refractivity contribution in [1.82, 2.24) is 15.1 Å². The van der Waals surface area contributed by atoms with Crippen molar-refractivity contribution in [3.05, 3.63) is 0 Å². The van der Waals surface area contributed by atoms with E-state index in [-0.39, 0.29) is 0 Å². The lowest BCUT2D eigenvalue weighted by Crippen LogP contribution is -2.20. The Morgan fingerprint density at radius 2 is 1.70 bits per heavy atom. The number of rotatable bonds is 1. The molecule has 3 heterocycles. The first-order chi connectivity index (χ1) is 11.0. The molecule has 3 aliphatic heterocycles. The van der Waals surface area contributed by atoms with Gasteiger partial charge in [-0.3, -0.25) is 0 Å². The molecular formula is C20H45N3. The molecule has 140 valence electrons. The largest absolute Gasteiger partial charge is 0.316 e. The average Bonchev–Trinajstić information content (AvgIpc) is 3.28. The SMILES string of the molecule is CC.CC1CCN(C)C1.CCC1CCNC1.C[C@H]1CCCN1C. The van der Waals surface area contributed by atoms with Gasteiger partial charge in [0, 0.05) is 12.6 Å². The molecule has 0 aromatic heterocycles. The Morgan fingerprint density at radius 1 is 1.00 bits per heavy atom. The van der Waals surface area contributed by atoms with Gasteiger partial charge < -0.3 is 15.1 Å². The molecule has 3 rings (SSSR count). The van der Waals surface area contributed by atoms with E-state index in [4.69, 9.17) is 0 Å². The summed E-state index contributed by atoms with van der Waals surface area (Å²) in [6.45, 7) is 17.3. The molecule has 0 aliphatic carbocycles. The van der Waals surface area contributed by atoms with Crippen molar-refractivity contribution in [3.8, 4) is 0 Å². The van der Waals surface area contributed by atoms with E-state index in [0.29, 0.717) is 0 Å². The van der Waals surface area contributed by atoms with Gasteiger partial charge in [0.1, 0.15) is 0 Å². The number of hydrogen-bond donors (Lipinski definition) is 1. The number of likely N-dealkylation sites (tertiary alicyclic amines) is 2. The minimum absolute atomic E-state index is 0.847. The Balaban J connectivity index is 0.000000299. The summed E-state index contributed by atoms with van der Waals surface area (Å²) in [6, 6.07) is 0.847. The van der Waals surface area contributed by atoms with Crippen LogP contribution in [-0.2, 0) is 0 Å². The average molecular weight is 328 g/mol. The first-order valence-electron chi connectivity index (χ1n) is 10.1. The van der Waals surface area contributed by atoms with Gasteiger partial charge in [0.15, 0.2) is 0 Å². The zero-order valence-electron chi connectivity index (χ0n) is 17.2. The third-order valence-electron chi connectivity index (χ3n) is 5.25. The summed E-state index contributed by atoms with van der Waals surface area (Å²) in [7, 11) is 4.38. The quantitative estimate of drug-likeness (QED) is 0.782. The Hall–Kier alpha value is -0.120. The Kier molecular flexibility index (Phi) is 14.2. The molecule has 3 aliphatic rings. The molecule has 2 unspecified atom stereocenters. The third-order valence-corrected chi connectivity index (χ3v) is 5.25. The Labute approximate surface area is 147 Å². The number of nitrogens with one attached hydrogen (secondary N) is 1. The van der Waals surface area contributed by atoms with Crippen LogP contribution in [0.5, 0.6) is 0 Å². The summed E-state index contributed by atoms with van der Waals surface area (Å²) in [5, 5.41) is 3.32. The maximum Gasteiger partial charge on any atom is 0.00643 e. The first kappa shape index (κ1) is 22.9. The van der Waals surface area contributed by atoms with E-state index in [0.717, 1.165) is 17.9 Å². The van der Waals surface area contributed by atoms with Crippen LogP contribution >= 0.6 is 0 Å². The highest BCUT2D eigenvalue weighted by Crippen LogP contribution is 2.12. The maximum atomic E-state index is 3.32. The van der Waals surface area contributed by atoms with E-state index in [1.54, 1.807) is 0 Å². The molecule has 3 fully saturated rings. The highest BCUT2D eigenvalue weighted by atomic mass is 15.1. The second-order valence-corrected chi connectivity index (χ2v) is 7.40. The third kappa shape index (κ3) is 11.1. The van der Waals surface area contributed by atoms with Crippen molar-refractivity contribution < 1.29 is 0 Å². The summed E-state index contributed by atoms with van der Waals surface area (Å²) in [5.74, 6) is 1.94. The molecule has 0 saturated carbocycles. The van der Waals surface area contributed by atoms with E-state index in [1.807, 2.05) is 13.8 Å². The minimum atomic E-state index is 0.847. The van der Waals surface area contributed by atoms with Gasteiger partial charge in [-0.25, -0.2) is 0 Å². The fourth-order valence-electron chi connectivity index (χ4n) is 3.30. The summed E-state index contributed by atoms with van der Waals surface area (Å²) in [6.07, 6.45) is 6.95. The van der Waals surface area contributed by atoms with Crippen LogP contribution in [0.2, 0.25) is 0 Å². The molecule has 3 nitrogen and oxygen atoms in total. The van der Waals surface area contributed by atoms with Crippen LogP contribution in [0.4, 0.5) is 0 Å². The van der Waals surface area contributed by atoms with Crippen LogP contribution in [0, 0.1) is 11.8 Å². The molecule has 0 amide bonds. The lowest BCUT2D eigenvalue weighted by atomic mass is 10.1. The van der Waals surface area contributed by atoms with Crippen LogP contribution in [0.1, 0.15) is 66.7 Å².